The Morgan fingerprint density at radius 2 is 1.74 bits per heavy atom. The van der Waals surface area contributed by atoms with Crippen molar-refractivity contribution in [2.24, 2.45) is 0 Å². The van der Waals surface area contributed by atoms with E-state index in [2.05, 4.69) is 54.7 Å². The first-order valence-electron chi connectivity index (χ1n) is 7.56. The predicted molar refractivity (Wildman–Crippen MR) is 88.0 cm³/mol. The molecule has 1 aromatic carbocycles. The largest absolute Gasteiger partial charge is 0.372 e. The smallest absolute Gasteiger partial charge is 0.0377 e. The molecule has 1 N–H and O–H groups in total. The first kappa shape index (κ1) is 16.4. The summed E-state index contributed by atoms with van der Waals surface area (Å²) in [5, 5.41) is 0. The molecular formula is C16H28N2S. The second-order valence-corrected chi connectivity index (χ2v) is 5.76. The number of nitrogens with zero attached hydrogens (tertiary/aromatic N) is 1. The third-order valence-electron chi connectivity index (χ3n) is 3.08. The summed E-state index contributed by atoms with van der Waals surface area (Å²) in [7, 11) is 0. The molecule has 0 radical (unpaired) electrons. The van der Waals surface area contributed by atoms with Crippen LogP contribution >= 0.6 is 11.9 Å². The zero-order valence-corrected chi connectivity index (χ0v) is 13.4. The molecule has 0 aliphatic rings. The molecule has 1 aromatic rings. The molecule has 1 rings (SSSR count). The molecule has 2 nitrogen and oxygen atoms in total. The summed E-state index contributed by atoms with van der Waals surface area (Å²) in [5.74, 6) is 0. The van der Waals surface area contributed by atoms with Crippen LogP contribution in [0, 0.1) is 0 Å². The Balaban J connectivity index is 2.69. The van der Waals surface area contributed by atoms with Gasteiger partial charge < -0.3 is 4.90 Å². The number of anilines is 1. The van der Waals surface area contributed by atoms with Crippen molar-refractivity contribution in [3.05, 3.63) is 24.3 Å². The van der Waals surface area contributed by atoms with E-state index in [4.69, 9.17) is 0 Å². The van der Waals surface area contributed by atoms with Crippen LogP contribution in [0.15, 0.2) is 29.2 Å². The fraction of sp³-hybridized carbons (Fsp3) is 0.625. The Hall–Kier alpha value is -0.670. The lowest BCUT2D eigenvalue weighted by molar-refractivity contribution is 0.677. The lowest BCUT2D eigenvalue weighted by Crippen LogP contribution is -2.25. The van der Waals surface area contributed by atoms with E-state index in [1.165, 1.54) is 49.4 Å². The molecule has 0 amide bonds. The molecule has 0 fully saturated rings. The van der Waals surface area contributed by atoms with Crippen molar-refractivity contribution in [2.45, 2.75) is 51.3 Å². The molecule has 0 saturated heterocycles. The lowest BCUT2D eigenvalue weighted by Gasteiger charge is -2.25. The van der Waals surface area contributed by atoms with E-state index in [-0.39, 0.29) is 0 Å². The molecule has 0 heterocycles. The van der Waals surface area contributed by atoms with Crippen molar-refractivity contribution in [3.8, 4) is 0 Å². The Morgan fingerprint density at radius 1 is 1.05 bits per heavy atom. The number of hydrogen-bond acceptors (Lipinski definition) is 3. The van der Waals surface area contributed by atoms with Crippen LogP contribution in [0.5, 0.6) is 0 Å². The van der Waals surface area contributed by atoms with Crippen LogP contribution in [0.2, 0.25) is 0 Å². The summed E-state index contributed by atoms with van der Waals surface area (Å²) in [6, 6.07) is 8.88. The summed E-state index contributed by atoms with van der Waals surface area (Å²) in [5.41, 5.74) is 1.37. The average molecular weight is 280 g/mol. The Bertz CT molecular complexity index is 333. The third kappa shape index (κ3) is 6.35. The molecule has 0 unspecified atom stereocenters. The molecule has 19 heavy (non-hydrogen) atoms. The molecule has 108 valence electrons. The van der Waals surface area contributed by atoms with Crippen LogP contribution in [0.1, 0.15) is 46.5 Å². The topological polar surface area (TPSA) is 15.3 Å². The maximum atomic E-state index is 3.32. The van der Waals surface area contributed by atoms with Crippen molar-refractivity contribution in [1.82, 2.24) is 4.72 Å². The summed E-state index contributed by atoms with van der Waals surface area (Å²) >= 11 is 1.72. The van der Waals surface area contributed by atoms with Gasteiger partial charge in [-0.25, -0.2) is 0 Å². The van der Waals surface area contributed by atoms with Crippen molar-refractivity contribution >= 4 is 17.6 Å². The quantitative estimate of drug-likeness (QED) is 0.625. The Morgan fingerprint density at radius 3 is 2.32 bits per heavy atom. The normalized spacial score (nSPS) is 10.7. The molecule has 0 aliphatic heterocycles. The van der Waals surface area contributed by atoms with E-state index in [1.807, 2.05) is 0 Å². The number of unbranched alkanes of at least 4 members (excludes halogenated alkanes) is 2. The predicted octanol–water partition coefficient (Wildman–Crippen LogP) is 4.71. The zero-order valence-electron chi connectivity index (χ0n) is 12.6. The van der Waals surface area contributed by atoms with E-state index >= 15 is 0 Å². The molecule has 0 atom stereocenters. The second kappa shape index (κ2) is 10.2. The zero-order chi connectivity index (χ0) is 13.9. The van der Waals surface area contributed by atoms with E-state index in [9.17, 15) is 0 Å². The van der Waals surface area contributed by atoms with Crippen molar-refractivity contribution in [1.29, 1.82) is 0 Å². The number of benzene rings is 1. The monoisotopic (exact) mass is 280 g/mol. The van der Waals surface area contributed by atoms with Gasteiger partial charge in [-0.2, -0.15) is 0 Å². The molecule has 0 spiro atoms. The highest BCUT2D eigenvalue weighted by Crippen LogP contribution is 2.23. The van der Waals surface area contributed by atoms with E-state index < -0.39 is 0 Å². The summed E-state index contributed by atoms with van der Waals surface area (Å²) in [6.07, 6.45) is 5.06. The maximum absolute atomic E-state index is 3.32. The Kier molecular flexibility index (Phi) is 8.76. The first-order valence-corrected chi connectivity index (χ1v) is 8.38. The average Bonchev–Trinajstić information content (AvgIpc) is 2.45. The minimum absolute atomic E-state index is 0.990. The van der Waals surface area contributed by atoms with Gasteiger partial charge in [0.25, 0.3) is 0 Å². The van der Waals surface area contributed by atoms with Crippen LogP contribution in [-0.2, 0) is 0 Å². The van der Waals surface area contributed by atoms with Gasteiger partial charge in [-0.05, 0) is 43.0 Å². The van der Waals surface area contributed by atoms with Gasteiger partial charge in [0.1, 0.15) is 0 Å². The maximum Gasteiger partial charge on any atom is 0.0377 e. The van der Waals surface area contributed by atoms with Crippen LogP contribution in [-0.4, -0.2) is 19.6 Å². The van der Waals surface area contributed by atoms with Crippen LogP contribution in [0.3, 0.4) is 0 Å². The molecule has 0 aliphatic carbocycles. The molecular weight excluding hydrogens is 252 g/mol. The standard InChI is InChI=1S/C16H28N2S/c1-4-7-12-18(13-8-5-2)15-10-9-11-16(14-15)19-17-6-3/h9-11,14,17H,4-8,12-13H2,1-3H3. The van der Waals surface area contributed by atoms with E-state index in [0.717, 1.165) is 6.54 Å². The van der Waals surface area contributed by atoms with Gasteiger partial charge in [-0.15, -0.1) is 0 Å². The number of nitrogens with one attached hydrogen (secondary N) is 1. The molecule has 0 bridgehead atoms. The van der Waals surface area contributed by atoms with Gasteiger partial charge in [0.2, 0.25) is 0 Å². The van der Waals surface area contributed by atoms with E-state index in [1.54, 1.807) is 11.9 Å². The highest BCUT2D eigenvalue weighted by Gasteiger charge is 2.06. The van der Waals surface area contributed by atoms with Gasteiger partial charge >= 0.3 is 0 Å². The van der Waals surface area contributed by atoms with Crippen LogP contribution in [0.4, 0.5) is 5.69 Å². The summed E-state index contributed by atoms with van der Waals surface area (Å²) in [4.78, 5) is 3.83. The van der Waals surface area contributed by atoms with Gasteiger partial charge in [-0.3, -0.25) is 4.72 Å². The SMILES string of the molecule is CCCCN(CCCC)c1cccc(SNCC)c1. The Labute approximate surface area is 123 Å². The van der Waals surface area contributed by atoms with Gasteiger partial charge in [0.05, 0.1) is 0 Å². The minimum atomic E-state index is 0.990. The minimum Gasteiger partial charge on any atom is -0.372 e. The van der Waals surface area contributed by atoms with Crippen LogP contribution in [0.25, 0.3) is 0 Å². The molecule has 0 aromatic heterocycles. The van der Waals surface area contributed by atoms with Gasteiger partial charge in [0, 0.05) is 30.2 Å². The highest BCUT2D eigenvalue weighted by atomic mass is 32.2. The summed E-state index contributed by atoms with van der Waals surface area (Å²) in [6.45, 7) is 9.98. The van der Waals surface area contributed by atoms with E-state index in [0.29, 0.717) is 0 Å². The van der Waals surface area contributed by atoms with Gasteiger partial charge in [0.15, 0.2) is 0 Å². The van der Waals surface area contributed by atoms with Crippen molar-refractivity contribution in [3.63, 3.8) is 0 Å². The molecule has 0 saturated carbocycles. The summed E-state index contributed by atoms with van der Waals surface area (Å²) < 4.78 is 3.32. The highest BCUT2D eigenvalue weighted by molar-refractivity contribution is 7.97. The second-order valence-electron chi connectivity index (χ2n) is 4.79. The van der Waals surface area contributed by atoms with Crippen molar-refractivity contribution < 1.29 is 0 Å². The van der Waals surface area contributed by atoms with Crippen LogP contribution < -0.4 is 9.62 Å². The lowest BCUT2D eigenvalue weighted by atomic mass is 10.2. The fourth-order valence-corrected chi connectivity index (χ4v) is 2.60. The third-order valence-corrected chi connectivity index (χ3v) is 4.00. The fourth-order valence-electron chi connectivity index (χ4n) is 1.97. The number of hydrogen-bond donors (Lipinski definition) is 1. The first-order chi connectivity index (χ1) is 9.31. The van der Waals surface area contributed by atoms with Gasteiger partial charge in [-0.1, -0.05) is 39.7 Å². The molecule has 3 heteroatoms. The van der Waals surface area contributed by atoms with Crippen molar-refractivity contribution in [2.75, 3.05) is 24.5 Å². The number of rotatable bonds is 10.